The molecule has 2 amide bonds. The van der Waals surface area contributed by atoms with Crippen molar-refractivity contribution in [3.63, 3.8) is 0 Å². The van der Waals surface area contributed by atoms with Gasteiger partial charge in [0, 0.05) is 11.1 Å². The van der Waals surface area contributed by atoms with Gasteiger partial charge in [0.2, 0.25) is 5.76 Å². The molecule has 0 bridgehead atoms. The lowest BCUT2D eigenvalue weighted by molar-refractivity contribution is 0.0999. The highest BCUT2D eigenvalue weighted by Crippen LogP contribution is 2.33. The second-order valence-corrected chi connectivity index (χ2v) is 7.51. The van der Waals surface area contributed by atoms with E-state index in [0.29, 0.717) is 16.7 Å². The number of halogens is 2. The SMILES string of the molecule is Cc1ccc(NC(=O)c2oc3ccccc3c2NC(=O)c2c(F)cccc2Cl)cc1C. The molecule has 0 spiro atoms. The molecule has 31 heavy (non-hydrogen) atoms. The summed E-state index contributed by atoms with van der Waals surface area (Å²) in [5.41, 5.74) is 2.93. The first kappa shape index (κ1) is 20.6. The number of benzene rings is 3. The molecule has 1 heterocycles. The Morgan fingerprint density at radius 2 is 1.68 bits per heavy atom. The van der Waals surface area contributed by atoms with Gasteiger partial charge < -0.3 is 15.1 Å². The Kier molecular flexibility index (Phi) is 5.48. The summed E-state index contributed by atoms with van der Waals surface area (Å²) in [7, 11) is 0. The molecule has 0 aliphatic rings. The van der Waals surface area contributed by atoms with Crippen LogP contribution >= 0.6 is 11.6 Å². The quantitative estimate of drug-likeness (QED) is 0.391. The van der Waals surface area contributed by atoms with Gasteiger partial charge in [-0.3, -0.25) is 9.59 Å². The van der Waals surface area contributed by atoms with Crippen LogP contribution in [0.15, 0.2) is 65.1 Å². The summed E-state index contributed by atoms with van der Waals surface area (Å²) in [6, 6.07) is 16.3. The smallest absolute Gasteiger partial charge is 0.293 e. The van der Waals surface area contributed by atoms with Crippen LogP contribution in [0.3, 0.4) is 0 Å². The van der Waals surface area contributed by atoms with Crippen LogP contribution in [0.5, 0.6) is 0 Å². The molecule has 0 unspecified atom stereocenters. The summed E-state index contributed by atoms with van der Waals surface area (Å²) in [6.45, 7) is 3.91. The van der Waals surface area contributed by atoms with E-state index in [1.807, 2.05) is 26.0 Å². The van der Waals surface area contributed by atoms with E-state index in [0.717, 1.165) is 17.2 Å². The zero-order valence-corrected chi connectivity index (χ0v) is 17.5. The fourth-order valence-electron chi connectivity index (χ4n) is 3.23. The number of rotatable bonds is 4. The molecule has 0 saturated heterocycles. The number of carbonyl (C=O) groups excluding carboxylic acids is 2. The molecule has 0 saturated carbocycles. The topological polar surface area (TPSA) is 71.3 Å². The molecule has 0 atom stereocenters. The number of furan rings is 1. The molecular formula is C24H18ClFN2O3. The minimum atomic E-state index is -0.783. The molecule has 7 heteroatoms. The van der Waals surface area contributed by atoms with Crippen molar-refractivity contribution in [2.45, 2.75) is 13.8 Å². The zero-order valence-electron chi connectivity index (χ0n) is 16.8. The first-order valence-corrected chi connectivity index (χ1v) is 9.88. The number of amides is 2. The summed E-state index contributed by atoms with van der Waals surface area (Å²) in [5, 5.41) is 5.85. The number of para-hydroxylation sites is 1. The lowest BCUT2D eigenvalue weighted by Gasteiger charge is -2.10. The highest BCUT2D eigenvalue weighted by molar-refractivity contribution is 6.34. The predicted molar refractivity (Wildman–Crippen MR) is 119 cm³/mol. The van der Waals surface area contributed by atoms with Crippen LogP contribution in [0.25, 0.3) is 11.0 Å². The summed E-state index contributed by atoms with van der Waals surface area (Å²) < 4.78 is 19.9. The highest BCUT2D eigenvalue weighted by atomic mass is 35.5. The van der Waals surface area contributed by atoms with Crippen LogP contribution < -0.4 is 10.6 Å². The molecule has 5 nitrogen and oxygen atoms in total. The Hall–Kier alpha value is -3.64. The van der Waals surface area contributed by atoms with E-state index < -0.39 is 17.6 Å². The third-order valence-corrected chi connectivity index (χ3v) is 5.31. The van der Waals surface area contributed by atoms with E-state index in [4.69, 9.17) is 16.0 Å². The molecular weight excluding hydrogens is 419 g/mol. The van der Waals surface area contributed by atoms with Crippen molar-refractivity contribution in [3.8, 4) is 0 Å². The van der Waals surface area contributed by atoms with Crippen LogP contribution in [0, 0.1) is 19.7 Å². The number of hydrogen-bond donors (Lipinski definition) is 2. The maximum Gasteiger partial charge on any atom is 0.293 e. The van der Waals surface area contributed by atoms with E-state index >= 15 is 0 Å². The van der Waals surface area contributed by atoms with Crippen molar-refractivity contribution in [1.82, 2.24) is 0 Å². The van der Waals surface area contributed by atoms with Gasteiger partial charge in [-0.05, 0) is 61.4 Å². The average Bonchev–Trinajstić information content (AvgIpc) is 3.09. The van der Waals surface area contributed by atoms with E-state index in [2.05, 4.69) is 10.6 Å². The molecule has 0 radical (unpaired) electrons. The molecule has 0 aliphatic carbocycles. The first-order valence-electron chi connectivity index (χ1n) is 9.50. The third-order valence-electron chi connectivity index (χ3n) is 4.99. The summed E-state index contributed by atoms with van der Waals surface area (Å²) in [5.74, 6) is -2.19. The minimum Gasteiger partial charge on any atom is -0.449 e. The second kappa shape index (κ2) is 8.24. The van der Waals surface area contributed by atoms with Crippen LogP contribution in [0.1, 0.15) is 32.0 Å². The molecule has 2 N–H and O–H groups in total. The third kappa shape index (κ3) is 4.02. The molecule has 4 aromatic rings. The molecule has 1 aromatic heterocycles. The largest absolute Gasteiger partial charge is 0.449 e. The van der Waals surface area contributed by atoms with Crippen LogP contribution in [0.2, 0.25) is 5.02 Å². The van der Waals surface area contributed by atoms with Gasteiger partial charge >= 0.3 is 0 Å². The van der Waals surface area contributed by atoms with Gasteiger partial charge in [-0.25, -0.2) is 4.39 Å². The molecule has 0 fully saturated rings. The number of hydrogen-bond acceptors (Lipinski definition) is 3. The monoisotopic (exact) mass is 436 g/mol. The summed E-state index contributed by atoms with van der Waals surface area (Å²) in [6.07, 6.45) is 0. The summed E-state index contributed by atoms with van der Waals surface area (Å²) >= 11 is 6.02. The van der Waals surface area contributed by atoms with Crippen molar-refractivity contribution >= 4 is 45.8 Å². The maximum absolute atomic E-state index is 14.2. The Labute approximate surface area is 182 Å². The van der Waals surface area contributed by atoms with Crippen LogP contribution in [-0.4, -0.2) is 11.8 Å². The van der Waals surface area contributed by atoms with Gasteiger partial charge in [-0.15, -0.1) is 0 Å². The van der Waals surface area contributed by atoms with E-state index in [-0.39, 0.29) is 22.0 Å². The number of fused-ring (bicyclic) bond motifs is 1. The van der Waals surface area contributed by atoms with Crippen LogP contribution in [-0.2, 0) is 0 Å². The van der Waals surface area contributed by atoms with E-state index in [9.17, 15) is 14.0 Å². The van der Waals surface area contributed by atoms with Crippen LogP contribution in [0.4, 0.5) is 15.8 Å². The van der Waals surface area contributed by atoms with E-state index in [1.54, 1.807) is 30.3 Å². The first-order chi connectivity index (χ1) is 14.8. The Balaban J connectivity index is 1.73. The van der Waals surface area contributed by atoms with Crippen molar-refractivity contribution in [3.05, 3.63) is 94.0 Å². The molecule has 3 aromatic carbocycles. The lowest BCUT2D eigenvalue weighted by Crippen LogP contribution is -2.18. The predicted octanol–water partition coefficient (Wildman–Crippen LogP) is 6.35. The number of carbonyl (C=O) groups is 2. The number of anilines is 2. The van der Waals surface area contributed by atoms with Gasteiger partial charge in [0.1, 0.15) is 17.1 Å². The average molecular weight is 437 g/mol. The van der Waals surface area contributed by atoms with Gasteiger partial charge in [-0.1, -0.05) is 35.9 Å². The van der Waals surface area contributed by atoms with Crippen molar-refractivity contribution in [2.24, 2.45) is 0 Å². The van der Waals surface area contributed by atoms with Gasteiger partial charge in [-0.2, -0.15) is 0 Å². The number of aryl methyl sites for hydroxylation is 2. The normalized spacial score (nSPS) is 10.8. The Morgan fingerprint density at radius 3 is 2.42 bits per heavy atom. The van der Waals surface area contributed by atoms with Gasteiger partial charge in [0.25, 0.3) is 11.8 Å². The fourth-order valence-corrected chi connectivity index (χ4v) is 3.48. The number of nitrogens with one attached hydrogen (secondary N) is 2. The second-order valence-electron chi connectivity index (χ2n) is 7.11. The zero-order chi connectivity index (χ0) is 22.1. The molecule has 156 valence electrons. The highest BCUT2D eigenvalue weighted by Gasteiger charge is 2.25. The lowest BCUT2D eigenvalue weighted by atomic mass is 10.1. The Morgan fingerprint density at radius 1 is 0.903 bits per heavy atom. The molecule has 4 rings (SSSR count). The fraction of sp³-hybridized carbons (Fsp3) is 0.0833. The molecule has 0 aliphatic heterocycles. The summed E-state index contributed by atoms with van der Waals surface area (Å²) in [4.78, 5) is 25.8. The van der Waals surface area contributed by atoms with Gasteiger partial charge in [0.15, 0.2) is 0 Å². The van der Waals surface area contributed by atoms with E-state index in [1.165, 1.54) is 12.1 Å². The Bertz CT molecular complexity index is 1310. The van der Waals surface area contributed by atoms with Crippen molar-refractivity contribution < 1.29 is 18.4 Å². The van der Waals surface area contributed by atoms with Crippen molar-refractivity contribution in [2.75, 3.05) is 10.6 Å². The van der Waals surface area contributed by atoms with Crippen molar-refractivity contribution in [1.29, 1.82) is 0 Å². The standard InChI is InChI=1S/C24H18ClFN2O3/c1-13-10-11-15(12-14(13)2)27-24(30)22-21(16-6-3-4-9-19(16)31-22)28-23(29)20-17(25)7-5-8-18(20)26/h3-12H,1-2H3,(H,27,30)(H,28,29). The minimum absolute atomic E-state index is 0.0357. The maximum atomic E-state index is 14.2. The van der Waals surface area contributed by atoms with Gasteiger partial charge in [0.05, 0.1) is 10.6 Å².